The lowest BCUT2D eigenvalue weighted by Crippen LogP contribution is -2.26. The molecule has 0 unspecified atom stereocenters. The first-order chi connectivity index (χ1) is 13.4. The van der Waals surface area contributed by atoms with Gasteiger partial charge in [-0.05, 0) is 30.7 Å². The monoisotopic (exact) mass is 408 g/mol. The van der Waals surface area contributed by atoms with Gasteiger partial charge in [0, 0.05) is 31.3 Å². The number of hydrogen-bond donors (Lipinski definition) is 2. The number of rotatable bonds is 10. The van der Waals surface area contributed by atoms with Gasteiger partial charge < -0.3 is 19.5 Å². The lowest BCUT2D eigenvalue weighted by molar-refractivity contribution is -0.114. The molecule has 0 fully saturated rings. The number of amides is 1. The van der Waals surface area contributed by atoms with Crippen LogP contribution in [-0.4, -0.2) is 41.7 Å². The van der Waals surface area contributed by atoms with E-state index in [0.717, 1.165) is 0 Å². The molecule has 0 saturated carbocycles. The Labute approximate surface area is 164 Å². The molecule has 0 aliphatic heterocycles. The lowest BCUT2D eigenvalue weighted by Gasteiger charge is -2.11. The number of carbonyl (C=O) groups excluding carboxylic acids is 1. The van der Waals surface area contributed by atoms with Crippen molar-refractivity contribution in [1.82, 2.24) is 4.72 Å². The van der Waals surface area contributed by atoms with Crippen molar-refractivity contribution in [2.24, 2.45) is 0 Å². The summed E-state index contributed by atoms with van der Waals surface area (Å²) < 4.78 is 43.1. The molecule has 0 atom stereocenters. The molecule has 2 rings (SSSR count). The molecule has 2 N–H and O–H groups in total. The molecular formula is C19H24N2O6S. The second-order valence-corrected chi connectivity index (χ2v) is 7.59. The second-order valence-electron chi connectivity index (χ2n) is 5.83. The Balaban J connectivity index is 1.85. The normalized spacial score (nSPS) is 11.0. The Hall–Kier alpha value is -2.78. The SMILES string of the molecule is COc1ccc(S(=O)(=O)NCCCOc2cccc(NC(C)=O)c2)cc1OC. The van der Waals surface area contributed by atoms with Gasteiger partial charge in [0.2, 0.25) is 15.9 Å². The standard InChI is InChI=1S/C19H24N2O6S/c1-14(22)21-15-6-4-7-16(12-15)27-11-5-10-20-28(23,24)17-8-9-18(25-2)19(13-17)26-3/h4,6-9,12-13,20H,5,10-11H2,1-3H3,(H,21,22). The third-order valence-electron chi connectivity index (χ3n) is 3.70. The first-order valence-corrected chi connectivity index (χ1v) is 10.1. The number of benzene rings is 2. The molecule has 2 aromatic carbocycles. The van der Waals surface area contributed by atoms with E-state index in [1.54, 1.807) is 30.3 Å². The van der Waals surface area contributed by atoms with Gasteiger partial charge in [0.15, 0.2) is 11.5 Å². The van der Waals surface area contributed by atoms with E-state index in [1.165, 1.54) is 33.3 Å². The van der Waals surface area contributed by atoms with Crippen molar-refractivity contribution in [2.45, 2.75) is 18.2 Å². The molecule has 0 radical (unpaired) electrons. The van der Waals surface area contributed by atoms with Gasteiger partial charge in [0.1, 0.15) is 5.75 Å². The number of sulfonamides is 1. The topological polar surface area (TPSA) is 103 Å². The minimum atomic E-state index is -3.67. The van der Waals surface area contributed by atoms with E-state index in [9.17, 15) is 13.2 Å². The molecule has 0 aliphatic carbocycles. The summed E-state index contributed by atoms with van der Waals surface area (Å²) in [6, 6.07) is 11.4. The van der Waals surface area contributed by atoms with Gasteiger partial charge >= 0.3 is 0 Å². The highest BCUT2D eigenvalue weighted by Gasteiger charge is 2.16. The second kappa shape index (κ2) is 9.95. The zero-order valence-electron chi connectivity index (χ0n) is 16.0. The smallest absolute Gasteiger partial charge is 0.240 e. The zero-order valence-corrected chi connectivity index (χ0v) is 16.8. The van der Waals surface area contributed by atoms with E-state index in [0.29, 0.717) is 36.0 Å². The molecule has 0 bridgehead atoms. The molecule has 9 heteroatoms. The molecule has 2 aromatic rings. The quantitative estimate of drug-likeness (QED) is 0.585. The van der Waals surface area contributed by atoms with Crippen LogP contribution in [0.2, 0.25) is 0 Å². The van der Waals surface area contributed by atoms with Crippen molar-refractivity contribution in [1.29, 1.82) is 0 Å². The Morgan fingerprint density at radius 1 is 1.04 bits per heavy atom. The fourth-order valence-electron chi connectivity index (χ4n) is 2.40. The van der Waals surface area contributed by atoms with E-state index >= 15 is 0 Å². The summed E-state index contributed by atoms with van der Waals surface area (Å²) in [5.41, 5.74) is 0.638. The van der Waals surface area contributed by atoms with Crippen LogP contribution in [0.25, 0.3) is 0 Å². The fourth-order valence-corrected chi connectivity index (χ4v) is 3.49. The number of methoxy groups -OCH3 is 2. The van der Waals surface area contributed by atoms with Crippen LogP contribution in [0.4, 0.5) is 5.69 Å². The van der Waals surface area contributed by atoms with Gasteiger partial charge in [-0.15, -0.1) is 0 Å². The van der Waals surface area contributed by atoms with Crippen LogP contribution < -0.4 is 24.2 Å². The minimum Gasteiger partial charge on any atom is -0.493 e. The maximum absolute atomic E-state index is 12.4. The van der Waals surface area contributed by atoms with Crippen molar-refractivity contribution >= 4 is 21.6 Å². The highest BCUT2D eigenvalue weighted by molar-refractivity contribution is 7.89. The van der Waals surface area contributed by atoms with Crippen LogP contribution in [0.15, 0.2) is 47.4 Å². The lowest BCUT2D eigenvalue weighted by atomic mass is 10.3. The summed E-state index contributed by atoms with van der Waals surface area (Å²) in [5, 5.41) is 2.67. The third-order valence-corrected chi connectivity index (χ3v) is 5.16. The molecule has 152 valence electrons. The number of hydrogen-bond acceptors (Lipinski definition) is 6. The third kappa shape index (κ3) is 6.14. The van der Waals surface area contributed by atoms with Gasteiger partial charge in [-0.25, -0.2) is 13.1 Å². The molecule has 0 saturated heterocycles. The van der Waals surface area contributed by atoms with Crippen molar-refractivity contribution in [3.8, 4) is 17.2 Å². The average molecular weight is 408 g/mol. The van der Waals surface area contributed by atoms with Crippen LogP contribution in [0.5, 0.6) is 17.2 Å². The van der Waals surface area contributed by atoms with E-state index in [2.05, 4.69) is 10.0 Å². The van der Waals surface area contributed by atoms with E-state index < -0.39 is 10.0 Å². The number of ether oxygens (including phenoxy) is 3. The van der Waals surface area contributed by atoms with Crippen LogP contribution in [-0.2, 0) is 14.8 Å². The summed E-state index contributed by atoms with van der Waals surface area (Å²) in [6.07, 6.45) is 0.469. The summed E-state index contributed by atoms with van der Waals surface area (Å²) >= 11 is 0. The largest absolute Gasteiger partial charge is 0.493 e. The van der Waals surface area contributed by atoms with Crippen molar-refractivity contribution in [2.75, 3.05) is 32.7 Å². The molecule has 0 spiro atoms. The van der Waals surface area contributed by atoms with Crippen LogP contribution in [0.1, 0.15) is 13.3 Å². The highest BCUT2D eigenvalue weighted by Crippen LogP contribution is 2.29. The summed E-state index contributed by atoms with van der Waals surface area (Å²) in [5.74, 6) is 1.22. The Kier molecular flexibility index (Phi) is 7.65. The molecule has 0 aromatic heterocycles. The van der Waals surface area contributed by atoms with Crippen molar-refractivity contribution in [3.05, 3.63) is 42.5 Å². The fraction of sp³-hybridized carbons (Fsp3) is 0.316. The number of anilines is 1. The van der Waals surface area contributed by atoms with Gasteiger partial charge in [-0.3, -0.25) is 4.79 Å². The maximum atomic E-state index is 12.4. The van der Waals surface area contributed by atoms with Gasteiger partial charge in [-0.2, -0.15) is 0 Å². The molecule has 1 amide bonds. The molecule has 8 nitrogen and oxygen atoms in total. The van der Waals surface area contributed by atoms with Crippen LogP contribution in [0, 0.1) is 0 Å². The highest BCUT2D eigenvalue weighted by atomic mass is 32.2. The Bertz CT molecular complexity index is 914. The van der Waals surface area contributed by atoms with Gasteiger partial charge in [0.05, 0.1) is 25.7 Å². The Morgan fingerprint density at radius 3 is 2.46 bits per heavy atom. The summed E-state index contributed by atoms with van der Waals surface area (Å²) in [7, 11) is -0.745. The van der Waals surface area contributed by atoms with Gasteiger partial charge in [0.25, 0.3) is 0 Å². The zero-order chi connectivity index (χ0) is 20.6. The molecule has 0 heterocycles. The van der Waals surface area contributed by atoms with Crippen molar-refractivity contribution < 1.29 is 27.4 Å². The molecular weight excluding hydrogens is 384 g/mol. The first kappa shape index (κ1) is 21.5. The van der Waals surface area contributed by atoms with E-state index in [1.807, 2.05) is 0 Å². The van der Waals surface area contributed by atoms with Crippen LogP contribution >= 0.6 is 0 Å². The van der Waals surface area contributed by atoms with Gasteiger partial charge in [-0.1, -0.05) is 6.07 Å². The minimum absolute atomic E-state index is 0.0917. The predicted molar refractivity (Wildman–Crippen MR) is 106 cm³/mol. The molecule has 28 heavy (non-hydrogen) atoms. The van der Waals surface area contributed by atoms with E-state index in [4.69, 9.17) is 14.2 Å². The maximum Gasteiger partial charge on any atom is 0.240 e. The first-order valence-electron chi connectivity index (χ1n) is 8.58. The average Bonchev–Trinajstić information content (AvgIpc) is 2.66. The number of nitrogens with one attached hydrogen (secondary N) is 2. The summed E-state index contributed by atoms with van der Waals surface area (Å²) in [6.45, 7) is 1.96. The molecule has 0 aliphatic rings. The van der Waals surface area contributed by atoms with Crippen molar-refractivity contribution in [3.63, 3.8) is 0 Å². The van der Waals surface area contributed by atoms with Crippen LogP contribution in [0.3, 0.4) is 0 Å². The predicted octanol–water partition coefficient (Wildman–Crippen LogP) is 2.41. The summed E-state index contributed by atoms with van der Waals surface area (Å²) in [4.78, 5) is 11.2. The Morgan fingerprint density at radius 2 is 1.79 bits per heavy atom. The van der Waals surface area contributed by atoms with E-state index in [-0.39, 0.29) is 17.3 Å². The number of carbonyl (C=O) groups is 1.